The fourth-order valence-corrected chi connectivity index (χ4v) is 3.71. The lowest BCUT2D eigenvalue weighted by atomic mass is 10.0. The summed E-state index contributed by atoms with van der Waals surface area (Å²) in [6.45, 7) is 1.64. The van der Waals surface area contributed by atoms with Crippen LogP contribution >= 0.6 is 24.0 Å². The van der Waals surface area contributed by atoms with E-state index in [9.17, 15) is 4.79 Å². The van der Waals surface area contributed by atoms with Crippen LogP contribution in [0.2, 0.25) is 5.02 Å². The number of nitrogens with zero attached hydrogens (tertiary/aromatic N) is 3. The van der Waals surface area contributed by atoms with E-state index in [0.29, 0.717) is 17.0 Å². The minimum Gasteiger partial charge on any atom is -0.353 e. The fraction of sp³-hybridized carbons (Fsp3) is 0.333. The predicted molar refractivity (Wildman–Crippen MR) is 107 cm³/mol. The Kier molecular flexibility index (Phi) is 5.55. The van der Waals surface area contributed by atoms with Crippen LogP contribution in [0.3, 0.4) is 0 Å². The number of anilines is 1. The normalized spacial score (nSPS) is 17.3. The number of benzene rings is 1. The molecule has 3 aromatic rings. The highest BCUT2D eigenvalue weighted by Gasteiger charge is 2.25. The molecule has 0 bridgehead atoms. The summed E-state index contributed by atoms with van der Waals surface area (Å²) < 4.78 is 1.65. The third-order valence-electron chi connectivity index (χ3n) is 4.72. The SMILES string of the molecule is Cl.N[C@@H]1CCCN(c2nn3cc[nH]c(=O)c3c2Cc2ccccc2Cl)C1. The van der Waals surface area contributed by atoms with Gasteiger partial charge in [0.1, 0.15) is 5.52 Å². The van der Waals surface area contributed by atoms with Gasteiger partial charge in [-0.3, -0.25) is 4.79 Å². The van der Waals surface area contributed by atoms with Gasteiger partial charge in [-0.1, -0.05) is 29.8 Å². The average Bonchev–Trinajstić information content (AvgIpc) is 2.97. The Morgan fingerprint density at radius 2 is 2.15 bits per heavy atom. The predicted octanol–water partition coefficient (Wildman–Crippen LogP) is 2.62. The minimum atomic E-state index is -0.149. The van der Waals surface area contributed by atoms with E-state index in [2.05, 4.69) is 15.0 Å². The molecule has 0 unspecified atom stereocenters. The fourth-order valence-electron chi connectivity index (χ4n) is 3.51. The van der Waals surface area contributed by atoms with Gasteiger partial charge in [0.15, 0.2) is 5.82 Å². The summed E-state index contributed by atoms with van der Waals surface area (Å²) in [5, 5.41) is 5.37. The molecule has 0 aliphatic carbocycles. The summed E-state index contributed by atoms with van der Waals surface area (Å²) in [7, 11) is 0. The van der Waals surface area contributed by atoms with Crippen molar-refractivity contribution in [3.8, 4) is 0 Å². The average molecular weight is 394 g/mol. The highest BCUT2D eigenvalue weighted by Crippen LogP contribution is 2.29. The van der Waals surface area contributed by atoms with Crippen molar-refractivity contribution in [1.82, 2.24) is 14.6 Å². The molecule has 8 heteroatoms. The molecule has 6 nitrogen and oxygen atoms in total. The van der Waals surface area contributed by atoms with E-state index >= 15 is 0 Å². The van der Waals surface area contributed by atoms with Crippen LogP contribution in [0.5, 0.6) is 0 Å². The Labute approximate surface area is 162 Å². The van der Waals surface area contributed by atoms with Gasteiger partial charge in [0.25, 0.3) is 5.56 Å². The van der Waals surface area contributed by atoms with Gasteiger partial charge < -0.3 is 15.6 Å². The molecule has 3 N–H and O–H groups in total. The highest BCUT2D eigenvalue weighted by molar-refractivity contribution is 6.31. The summed E-state index contributed by atoms with van der Waals surface area (Å²) >= 11 is 6.35. The van der Waals surface area contributed by atoms with Crippen LogP contribution < -0.4 is 16.2 Å². The van der Waals surface area contributed by atoms with E-state index in [0.717, 1.165) is 42.9 Å². The lowest BCUT2D eigenvalue weighted by Crippen LogP contribution is -2.43. The zero-order valence-electron chi connectivity index (χ0n) is 14.2. The van der Waals surface area contributed by atoms with Gasteiger partial charge >= 0.3 is 0 Å². The van der Waals surface area contributed by atoms with Crippen molar-refractivity contribution in [3.63, 3.8) is 0 Å². The number of hydrogen-bond acceptors (Lipinski definition) is 4. The first-order valence-electron chi connectivity index (χ1n) is 8.46. The number of nitrogens with one attached hydrogen (secondary N) is 1. The van der Waals surface area contributed by atoms with E-state index in [1.54, 1.807) is 16.9 Å². The quantitative estimate of drug-likeness (QED) is 0.716. The first-order valence-corrected chi connectivity index (χ1v) is 8.84. The summed E-state index contributed by atoms with van der Waals surface area (Å²) in [6, 6.07) is 7.83. The lowest BCUT2D eigenvalue weighted by Gasteiger charge is -2.31. The van der Waals surface area contributed by atoms with Crippen LogP contribution in [0, 0.1) is 0 Å². The molecule has 2 aromatic heterocycles. The Morgan fingerprint density at radius 1 is 1.35 bits per heavy atom. The van der Waals surface area contributed by atoms with Gasteiger partial charge in [-0.05, 0) is 24.5 Å². The number of H-pyrrole nitrogens is 1. The molecule has 1 fully saturated rings. The summed E-state index contributed by atoms with van der Waals surface area (Å²) in [5.41, 5.74) is 8.44. The number of fused-ring (bicyclic) bond motifs is 1. The van der Waals surface area contributed by atoms with Crippen molar-refractivity contribution in [2.75, 3.05) is 18.0 Å². The first kappa shape index (κ1) is 18.8. The van der Waals surface area contributed by atoms with Crippen LogP contribution in [-0.2, 0) is 6.42 Å². The number of nitrogens with two attached hydrogens (primary N) is 1. The molecule has 0 saturated carbocycles. The van der Waals surface area contributed by atoms with Crippen LogP contribution in [0.25, 0.3) is 5.52 Å². The van der Waals surface area contributed by atoms with Crippen LogP contribution in [0.15, 0.2) is 41.5 Å². The van der Waals surface area contributed by atoms with E-state index in [-0.39, 0.29) is 24.0 Å². The maximum atomic E-state index is 12.4. The third kappa shape index (κ3) is 3.45. The smallest absolute Gasteiger partial charge is 0.274 e. The Morgan fingerprint density at radius 3 is 2.92 bits per heavy atom. The van der Waals surface area contributed by atoms with E-state index in [1.807, 2.05) is 24.3 Å². The van der Waals surface area contributed by atoms with Gasteiger partial charge in [0.05, 0.1) is 0 Å². The van der Waals surface area contributed by atoms with Gasteiger partial charge in [-0.25, -0.2) is 4.52 Å². The summed E-state index contributed by atoms with van der Waals surface area (Å²) in [5.74, 6) is 0.826. The molecule has 1 atom stereocenters. The van der Waals surface area contributed by atoms with Gasteiger partial charge in [-0.15, -0.1) is 17.5 Å². The second kappa shape index (κ2) is 7.70. The molecule has 1 aliphatic rings. The molecule has 0 spiro atoms. The molecule has 1 aliphatic heterocycles. The zero-order chi connectivity index (χ0) is 17.4. The number of aromatic nitrogens is 3. The van der Waals surface area contributed by atoms with E-state index < -0.39 is 0 Å². The van der Waals surface area contributed by atoms with Gasteiger partial charge in [-0.2, -0.15) is 0 Å². The molecular formula is C18H21Cl2N5O. The van der Waals surface area contributed by atoms with Crippen molar-refractivity contribution >= 4 is 35.3 Å². The van der Waals surface area contributed by atoms with Crippen LogP contribution in [0.1, 0.15) is 24.0 Å². The monoisotopic (exact) mass is 393 g/mol. The standard InChI is InChI=1S/C18H20ClN5O.ClH/c19-15-6-2-1-4-12(15)10-14-16-18(25)21-7-9-24(16)22-17(14)23-8-3-5-13(20)11-23;/h1-2,4,6-7,9,13H,3,5,8,10-11,20H2,(H,21,25);1H/t13-;/m1./s1. The molecule has 0 radical (unpaired) electrons. The van der Waals surface area contributed by atoms with Crippen molar-refractivity contribution in [2.45, 2.75) is 25.3 Å². The minimum absolute atomic E-state index is 0. The van der Waals surface area contributed by atoms with Crippen LogP contribution in [-0.4, -0.2) is 33.7 Å². The summed E-state index contributed by atoms with van der Waals surface area (Å²) in [6.07, 6.45) is 5.96. The molecule has 26 heavy (non-hydrogen) atoms. The highest BCUT2D eigenvalue weighted by atomic mass is 35.5. The van der Waals surface area contributed by atoms with Crippen molar-refractivity contribution < 1.29 is 0 Å². The van der Waals surface area contributed by atoms with Crippen molar-refractivity contribution in [1.29, 1.82) is 0 Å². The first-order chi connectivity index (χ1) is 12.1. The van der Waals surface area contributed by atoms with Gasteiger partial charge in [0, 0.05) is 48.5 Å². The summed E-state index contributed by atoms with van der Waals surface area (Å²) in [4.78, 5) is 17.4. The maximum absolute atomic E-state index is 12.4. The second-order valence-electron chi connectivity index (χ2n) is 6.50. The molecule has 138 valence electrons. The van der Waals surface area contributed by atoms with Crippen molar-refractivity contribution in [3.05, 3.63) is 63.2 Å². The van der Waals surface area contributed by atoms with Crippen LogP contribution in [0.4, 0.5) is 5.82 Å². The second-order valence-corrected chi connectivity index (χ2v) is 6.91. The number of piperidine rings is 1. The Bertz CT molecular complexity index is 968. The topological polar surface area (TPSA) is 79.4 Å². The van der Waals surface area contributed by atoms with Gasteiger partial charge in [0.2, 0.25) is 0 Å². The lowest BCUT2D eigenvalue weighted by molar-refractivity contribution is 0.502. The number of aromatic amines is 1. The molecule has 1 aromatic carbocycles. The van der Waals surface area contributed by atoms with E-state index in [1.165, 1.54) is 0 Å². The van der Waals surface area contributed by atoms with Crippen molar-refractivity contribution in [2.24, 2.45) is 5.73 Å². The maximum Gasteiger partial charge on any atom is 0.274 e. The number of hydrogen-bond donors (Lipinski definition) is 2. The molecule has 3 heterocycles. The Balaban J connectivity index is 0.00000196. The zero-order valence-corrected chi connectivity index (χ0v) is 15.8. The molecule has 4 rings (SSSR count). The largest absolute Gasteiger partial charge is 0.353 e. The Hall–Kier alpha value is -2.02. The van der Waals surface area contributed by atoms with E-state index in [4.69, 9.17) is 17.3 Å². The number of rotatable bonds is 3. The number of halogens is 2. The third-order valence-corrected chi connectivity index (χ3v) is 5.08. The molecule has 0 amide bonds. The molecule has 1 saturated heterocycles. The molecular weight excluding hydrogens is 373 g/mol.